The number of aliphatic hydroxyl groups is 1. The second kappa shape index (κ2) is 4.62. The smallest absolute Gasteiger partial charge is 0.213 e. The number of rotatable bonds is 3. The van der Waals surface area contributed by atoms with Gasteiger partial charge in [0.15, 0.2) is 0 Å². The largest absolute Gasteiger partial charge is 0.475 e. The minimum atomic E-state index is -0.464. The van der Waals surface area contributed by atoms with Crippen molar-refractivity contribution in [3.63, 3.8) is 0 Å². The van der Waals surface area contributed by atoms with Gasteiger partial charge in [-0.25, -0.2) is 4.98 Å². The van der Waals surface area contributed by atoms with Crippen LogP contribution < -0.4 is 4.74 Å². The Balaban J connectivity index is 2.65. The molecule has 1 N–H and O–H groups in total. The molecule has 0 amide bonds. The van der Waals surface area contributed by atoms with Gasteiger partial charge in [0.1, 0.15) is 6.61 Å². The normalized spacial score (nSPS) is 13.7. The van der Waals surface area contributed by atoms with E-state index in [4.69, 9.17) is 9.84 Å². The second-order valence-corrected chi connectivity index (χ2v) is 4.80. The maximum Gasteiger partial charge on any atom is 0.213 e. The average molecular weight is 209 g/mol. The number of aromatic nitrogens is 1. The van der Waals surface area contributed by atoms with E-state index in [9.17, 15) is 0 Å². The Morgan fingerprint density at radius 3 is 2.47 bits per heavy atom. The molecule has 3 heteroatoms. The van der Waals surface area contributed by atoms with Crippen molar-refractivity contribution in [2.45, 2.75) is 39.2 Å². The lowest BCUT2D eigenvalue weighted by Crippen LogP contribution is -2.14. The molecule has 0 saturated carbocycles. The summed E-state index contributed by atoms with van der Waals surface area (Å²) in [6.45, 7) is 8.38. The van der Waals surface area contributed by atoms with Gasteiger partial charge in [-0.1, -0.05) is 26.8 Å². The van der Waals surface area contributed by atoms with Crippen LogP contribution in [-0.4, -0.2) is 22.8 Å². The molecular formula is C12H19NO2. The van der Waals surface area contributed by atoms with Crippen LogP contribution in [0.4, 0.5) is 0 Å². The van der Waals surface area contributed by atoms with Crippen molar-refractivity contribution < 1.29 is 9.84 Å². The van der Waals surface area contributed by atoms with Crippen LogP contribution in [0.1, 0.15) is 33.3 Å². The van der Waals surface area contributed by atoms with Gasteiger partial charge in [0.25, 0.3) is 0 Å². The molecule has 3 nitrogen and oxygen atoms in total. The van der Waals surface area contributed by atoms with Gasteiger partial charge in [-0.3, -0.25) is 0 Å². The Morgan fingerprint density at radius 2 is 2.07 bits per heavy atom. The molecule has 1 rings (SSSR count). The number of ether oxygens (including phenoxy) is 1. The minimum absolute atomic E-state index is 0.107. The van der Waals surface area contributed by atoms with E-state index in [0.29, 0.717) is 5.88 Å². The summed E-state index contributed by atoms with van der Waals surface area (Å²) >= 11 is 0. The van der Waals surface area contributed by atoms with Crippen LogP contribution in [-0.2, 0) is 5.41 Å². The summed E-state index contributed by atoms with van der Waals surface area (Å²) in [6.07, 6.45) is 1.35. The zero-order chi connectivity index (χ0) is 11.5. The molecule has 1 aromatic heterocycles. The SMILES string of the molecule is CC(O)COc1ccc(C(C)(C)C)cn1. The second-order valence-electron chi connectivity index (χ2n) is 4.80. The highest BCUT2D eigenvalue weighted by Crippen LogP contribution is 2.22. The van der Waals surface area contributed by atoms with Gasteiger partial charge >= 0.3 is 0 Å². The van der Waals surface area contributed by atoms with Gasteiger partial charge in [0.05, 0.1) is 6.10 Å². The zero-order valence-electron chi connectivity index (χ0n) is 9.82. The van der Waals surface area contributed by atoms with Gasteiger partial charge in [0, 0.05) is 12.3 Å². The highest BCUT2D eigenvalue weighted by Gasteiger charge is 2.13. The van der Waals surface area contributed by atoms with E-state index in [1.54, 1.807) is 6.92 Å². The monoisotopic (exact) mass is 209 g/mol. The lowest BCUT2D eigenvalue weighted by Gasteiger charge is -2.18. The highest BCUT2D eigenvalue weighted by atomic mass is 16.5. The molecule has 1 atom stereocenters. The fourth-order valence-corrected chi connectivity index (χ4v) is 1.12. The van der Waals surface area contributed by atoms with Gasteiger partial charge in [-0.15, -0.1) is 0 Å². The summed E-state index contributed by atoms with van der Waals surface area (Å²) in [6, 6.07) is 3.84. The molecule has 0 bridgehead atoms. The fraction of sp³-hybridized carbons (Fsp3) is 0.583. The number of hydrogen-bond acceptors (Lipinski definition) is 3. The molecular weight excluding hydrogens is 190 g/mol. The van der Waals surface area contributed by atoms with Crippen LogP contribution in [0.2, 0.25) is 0 Å². The van der Waals surface area contributed by atoms with Crippen molar-refractivity contribution in [2.75, 3.05) is 6.61 Å². The third-order valence-corrected chi connectivity index (χ3v) is 2.07. The number of aliphatic hydroxyl groups excluding tert-OH is 1. The summed E-state index contributed by atoms with van der Waals surface area (Å²) in [5, 5.41) is 9.04. The molecule has 0 saturated heterocycles. The van der Waals surface area contributed by atoms with Crippen LogP contribution in [0, 0.1) is 0 Å². The molecule has 1 aromatic rings. The van der Waals surface area contributed by atoms with Crippen LogP contribution >= 0.6 is 0 Å². The van der Waals surface area contributed by atoms with E-state index in [1.807, 2.05) is 18.3 Å². The first kappa shape index (κ1) is 12.0. The molecule has 15 heavy (non-hydrogen) atoms. The maximum atomic E-state index is 9.04. The molecule has 0 spiro atoms. The van der Waals surface area contributed by atoms with E-state index in [1.165, 1.54) is 5.56 Å². The third kappa shape index (κ3) is 3.88. The molecule has 0 aliphatic heterocycles. The van der Waals surface area contributed by atoms with Crippen LogP contribution in [0.5, 0.6) is 5.88 Å². The van der Waals surface area contributed by atoms with Crippen molar-refractivity contribution in [1.29, 1.82) is 0 Å². The van der Waals surface area contributed by atoms with E-state index >= 15 is 0 Å². The summed E-state index contributed by atoms with van der Waals surface area (Å²) in [5.74, 6) is 0.559. The lowest BCUT2D eigenvalue weighted by atomic mass is 9.88. The van der Waals surface area contributed by atoms with Crippen molar-refractivity contribution >= 4 is 0 Å². The topological polar surface area (TPSA) is 42.4 Å². The first-order valence-electron chi connectivity index (χ1n) is 5.17. The molecule has 1 heterocycles. The molecule has 0 fully saturated rings. The fourth-order valence-electron chi connectivity index (χ4n) is 1.12. The predicted molar refractivity (Wildman–Crippen MR) is 60.1 cm³/mol. The average Bonchev–Trinajstić information content (AvgIpc) is 2.14. The van der Waals surface area contributed by atoms with Crippen LogP contribution in [0.25, 0.3) is 0 Å². The standard InChI is InChI=1S/C12H19NO2/c1-9(14)8-15-11-6-5-10(7-13-11)12(2,3)4/h5-7,9,14H,8H2,1-4H3. The van der Waals surface area contributed by atoms with Crippen molar-refractivity contribution in [2.24, 2.45) is 0 Å². The van der Waals surface area contributed by atoms with Crippen LogP contribution in [0.15, 0.2) is 18.3 Å². The maximum absolute atomic E-state index is 9.04. The first-order chi connectivity index (χ1) is 6.89. The van der Waals surface area contributed by atoms with Gasteiger partial charge in [0.2, 0.25) is 5.88 Å². The van der Waals surface area contributed by atoms with E-state index in [-0.39, 0.29) is 12.0 Å². The van der Waals surface area contributed by atoms with E-state index < -0.39 is 6.10 Å². The number of hydrogen-bond donors (Lipinski definition) is 1. The zero-order valence-corrected chi connectivity index (χ0v) is 9.82. The van der Waals surface area contributed by atoms with E-state index in [0.717, 1.165) is 0 Å². The predicted octanol–water partition coefficient (Wildman–Crippen LogP) is 2.14. The Bertz CT molecular complexity index is 298. The third-order valence-electron chi connectivity index (χ3n) is 2.07. The molecule has 0 aliphatic carbocycles. The van der Waals surface area contributed by atoms with Gasteiger partial charge in [-0.2, -0.15) is 0 Å². The number of nitrogens with zero attached hydrogens (tertiary/aromatic N) is 1. The summed E-state index contributed by atoms with van der Waals surface area (Å²) < 4.78 is 5.27. The van der Waals surface area contributed by atoms with Gasteiger partial charge < -0.3 is 9.84 Å². The lowest BCUT2D eigenvalue weighted by molar-refractivity contribution is 0.120. The van der Waals surface area contributed by atoms with Crippen LogP contribution in [0.3, 0.4) is 0 Å². The molecule has 1 unspecified atom stereocenters. The molecule has 0 aromatic carbocycles. The summed E-state index contributed by atoms with van der Waals surface area (Å²) in [5.41, 5.74) is 1.28. The Hall–Kier alpha value is -1.09. The molecule has 0 radical (unpaired) electrons. The van der Waals surface area contributed by atoms with Crippen molar-refractivity contribution in [3.05, 3.63) is 23.9 Å². The van der Waals surface area contributed by atoms with Crippen molar-refractivity contribution in [1.82, 2.24) is 4.98 Å². The number of pyridine rings is 1. The summed E-state index contributed by atoms with van der Waals surface area (Å²) in [4.78, 5) is 4.18. The van der Waals surface area contributed by atoms with Gasteiger partial charge in [-0.05, 0) is 17.9 Å². The highest BCUT2D eigenvalue weighted by molar-refractivity contribution is 5.23. The molecule has 84 valence electrons. The minimum Gasteiger partial charge on any atom is -0.475 e. The first-order valence-corrected chi connectivity index (χ1v) is 5.17. The Morgan fingerprint density at radius 1 is 1.40 bits per heavy atom. The Labute approximate surface area is 91.1 Å². The Kier molecular flexibility index (Phi) is 3.69. The van der Waals surface area contributed by atoms with Crippen molar-refractivity contribution in [3.8, 4) is 5.88 Å². The summed E-state index contributed by atoms with van der Waals surface area (Å²) in [7, 11) is 0. The van der Waals surface area contributed by atoms with E-state index in [2.05, 4.69) is 25.8 Å². The molecule has 0 aliphatic rings. The quantitative estimate of drug-likeness (QED) is 0.829.